The molecule has 2 rings (SSSR count). The molecule has 1 fully saturated rings. The van der Waals surface area contributed by atoms with Crippen molar-refractivity contribution in [2.45, 2.75) is 26.8 Å². The van der Waals surface area contributed by atoms with Gasteiger partial charge < -0.3 is 23.6 Å². The van der Waals surface area contributed by atoms with Gasteiger partial charge in [0.1, 0.15) is 0 Å². The molecule has 1 aliphatic rings. The Morgan fingerprint density at radius 3 is 1.95 bits per heavy atom. The molecule has 19 heavy (non-hydrogen) atoms. The third-order valence-corrected chi connectivity index (χ3v) is 2.88. The fourth-order valence-corrected chi connectivity index (χ4v) is 1.84. The van der Waals surface area contributed by atoms with E-state index in [1.165, 1.54) is 0 Å². The quantitative estimate of drug-likeness (QED) is 0.599. The number of hydrogen-bond acceptors (Lipinski definition) is 4. The smallest absolute Gasteiger partial charge is 0.356 e. The number of nitrogens with zero attached hydrogens (tertiary/aromatic N) is 4. The van der Waals surface area contributed by atoms with Crippen LogP contribution in [0.25, 0.3) is 0 Å². The van der Waals surface area contributed by atoms with Crippen LogP contribution in [0.15, 0.2) is 12.4 Å². The van der Waals surface area contributed by atoms with Crippen LogP contribution in [0.4, 0.5) is 5.95 Å². The van der Waals surface area contributed by atoms with Crippen LogP contribution >= 0.6 is 0 Å². The van der Waals surface area contributed by atoms with E-state index in [2.05, 4.69) is 33.6 Å². The summed E-state index contributed by atoms with van der Waals surface area (Å²) < 4.78 is 0. The van der Waals surface area contributed by atoms with Crippen molar-refractivity contribution in [3.05, 3.63) is 31.8 Å². The van der Waals surface area contributed by atoms with Gasteiger partial charge in [0.05, 0.1) is 0 Å². The van der Waals surface area contributed by atoms with E-state index < -0.39 is 0 Å². The van der Waals surface area contributed by atoms with Crippen LogP contribution in [-0.2, 0) is 0 Å². The normalized spacial score (nSPS) is 15.6. The third kappa shape index (κ3) is 5.81. The first-order chi connectivity index (χ1) is 8.66. The average Bonchev–Trinajstić information content (AvgIpc) is 2.42. The Kier molecular flexibility index (Phi) is 9.69. The molecule has 1 aromatic rings. The van der Waals surface area contributed by atoms with E-state index in [0.717, 1.165) is 37.7 Å². The van der Waals surface area contributed by atoms with E-state index in [1.54, 1.807) is 0 Å². The number of aromatic nitrogens is 2. The van der Waals surface area contributed by atoms with E-state index in [4.69, 9.17) is 0 Å². The number of aryl methyl sites for hydroxylation is 1. The zero-order valence-corrected chi connectivity index (χ0v) is 16.4. The molecule has 104 valence electrons. The van der Waals surface area contributed by atoms with Crippen LogP contribution in [-0.4, -0.2) is 47.1 Å². The van der Waals surface area contributed by atoms with Gasteiger partial charge in [0.25, 0.3) is 0 Å². The van der Waals surface area contributed by atoms with Crippen LogP contribution in [0.2, 0.25) is 0 Å². The number of piperazine rings is 1. The summed E-state index contributed by atoms with van der Waals surface area (Å²) in [5.74, 6) is 0.829. The number of anilines is 1. The first-order valence-electron chi connectivity index (χ1n) is 6.60. The van der Waals surface area contributed by atoms with E-state index in [9.17, 15) is 0 Å². The molecular weight excluding hydrogens is 462 g/mol. The van der Waals surface area contributed by atoms with Gasteiger partial charge in [-0.2, -0.15) is 0 Å². The van der Waals surface area contributed by atoms with Crippen molar-refractivity contribution in [1.82, 2.24) is 14.9 Å². The van der Waals surface area contributed by atoms with E-state index in [0.29, 0.717) is 0 Å². The first-order valence-corrected chi connectivity index (χ1v) is 6.60. The van der Waals surface area contributed by atoms with Crippen LogP contribution < -0.4 is 4.90 Å². The molecule has 0 atom stereocenters. The molecule has 0 amide bonds. The summed E-state index contributed by atoms with van der Waals surface area (Å²) in [6, 6.07) is 0.140. The fourth-order valence-electron chi connectivity index (χ4n) is 1.84. The van der Waals surface area contributed by atoms with Crippen LogP contribution in [0.5, 0.6) is 0 Å². The van der Waals surface area contributed by atoms with E-state index in [-0.39, 0.29) is 37.2 Å². The molecule has 1 saturated heterocycles. The van der Waals surface area contributed by atoms with Crippen molar-refractivity contribution < 1.29 is 31.1 Å². The average molecular weight is 486 g/mol. The largest absolute Gasteiger partial charge is 2.00 e. The van der Waals surface area contributed by atoms with Crippen LogP contribution in [0.3, 0.4) is 0 Å². The molecule has 1 aromatic heterocycles. The summed E-state index contributed by atoms with van der Waals surface area (Å²) in [4.78, 5) is 13.1. The molecule has 0 radical (unpaired) electrons. The molecule has 0 unspecified atom stereocenters. The predicted molar refractivity (Wildman–Crippen MR) is 76.4 cm³/mol. The summed E-state index contributed by atoms with van der Waals surface area (Å²) in [6.07, 6.45) is 3.72. The van der Waals surface area contributed by atoms with Gasteiger partial charge in [0.15, 0.2) is 0 Å². The second kappa shape index (κ2) is 9.74. The van der Waals surface area contributed by atoms with Crippen molar-refractivity contribution in [2.24, 2.45) is 0 Å². The molecule has 0 aromatic carbocycles. The van der Waals surface area contributed by atoms with E-state index in [1.807, 2.05) is 33.2 Å². The molecule has 0 spiro atoms. The summed E-state index contributed by atoms with van der Waals surface area (Å²) in [6.45, 7) is 17.7. The monoisotopic (exact) mass is 486 g/mol. The topological polar surface area (TPSA) is 32.3 Å². The van der Waals surface area contributed by atoms with Gasteiger partial charge >= 0.3 is 31.1 Å². The van der Waals surface area contributed by atoms with Gasteiger partial charge in [-0.05, 0) is 12.5 Å². The third-order valence-electron chi connectivity index (χ3n) is 2.88. The van der Waals surface area contributed by atoms with Crippen molar-refractivity contribution in [3.63, 3.8) is 0 Å². The Morgan fingerprint density at radius 1 is 1.05 bits per heavy atom. The molecule has 0 bridgehead atoms. The Bertz CT molecular complexity index is 332. The van der Waals surface area contributed by atoms with Gasteiger partial charge in [0.2, 0.25) is 5.95 Å². The molecule has 0 aliphatic carbocycles. The van der Waals surface area contributed by atoms with Gasteiger partial charge in [-0.25, -0.2) is 16.0 Å². The summed E-state index contributed by atoms with van der Waals surface area (Å²) in [7, 11) is 0. The maximum Gasteiger partial charge on any atom is 2.00 e. The fraction of sp³-hybridized carbons (Fsp3) is 0.571. The molecule has 0 N–H and O–H groups in total. The van der Waals surface area contributed by atoms with Crippen LogP contribution in [0.1, 0.15) is 19.4 Å². The minimum absolute atomic E-state index is 0. The zero-order chi connectivity index (χ0) is 13.5. The molecule has 5 heteroatoms. The van der Waals surface area contributed by atoms with Crippen LogP contribution in [0, 0.1) is 51.9 Å². The van der Waals surface area contributed by atoms with Gasteiger partial charge in [-0.15, -0.1) is 0 Å². The standard InChI is InChI=1S/C12H18N4.C2H6.U/c1-10(2)15-4-6-16(7-5-15)12-13-8-11(3)9-14-12;1-2;/h8-10H,1-2,4-7H2,3H3;1-2H3;/q-2;;+2. The summed E-state index contributed by atoms with van der Waals surface area (Å²) in [5, 5.41) is 0. The SMILES string of the molecule is CC.[CH2-]C([CH2-])N1CCN(c2ncc(C)cn2)CC1.[U+2]. The molecular formula is C14H24N4U. The molecule has 2 heterocycles. The van der Waals surface area contributed by atoms with E-state index >= 15 is 0 Å². The molecule has 4 nitrogen and oxygen atoms in total. The Balaban J connectivity index is 0.00000103. The Morgan fingerprint density at radius 2 is 1.53 bits per heavy atom. The zero-order valence-electron chi connectivity index (χ0n) is 12.3. The second-order valence-electron chi connectivity index (χ2n) is 4.24. The van der Waals surface area contributed by atoms with Crippen molar-refractivity contribution in [2.75, 3.05) is 31.1 Å². The first kappa shape index (κ1) is 18.9. The van der Waals surface area contributed by atoms with Crippen molar-refractivity contribution in [3.8, 4) is 0 Å². The van der Waals surface area contributed by atoms with Crippen molar-refractivity contribution in [1.29, 1.82) is 0 Å². The number of rotatable bonds is 2. The maximum absolute atomic E-state index is 4.34. The maximum atomic E-state index is 4.34. The minimum Gasteiger partial charge on any atom is -0.356 e. The predicted octanol–water partition coefficient (Wildman–Crippen LogP) is 1.97. The molecule has 0 saturated carbocycles. The second-order valence-corrected chi connectivity index (χ2v) is 4.24. The minimum atomic E-state index is 0. The Labute approximate surface area is 141 Å². The van der Waals surface area contributed by atoms with Gasteiger partial charge in [0, 0.05) is 38.6 Å². The summed E-state index contributed by atoms with van der Waals surface area (Å²) >= 11 is 0. The van der Waals surface area contributed by atoms with Crippen molar-refractivity contribution >= 4 is 5.95 Å². The number of hydrogen-bond donors (Lipinski definition) is 0. The van der Waals surface area contributed by atoms with Gasteiger partial charge in [-0.1, -0.05) is 13.8 Å². The summed E-state index contributed by atoms with van der Waals surface area (Å²) in [5.41, 5.74) is 1.10. The van der Waals surface area contributed by atoms with Gasteiger partial charge in [-0.3, -0.25) is 0 Å². The molecule has 1 aliphatic heterocycles. The Hall–Kier alpha value is -0.108.